The first-order valence-electron chi connectivity index (χ1n) is 3.57. The molecular formula is C6H12O3S. The van der Waals surface area contributed by atoms with E-state index in [1.165, 1.54) is 44.1 Å². The minimum atomic E-state index is 0.515. The van der Waals surface area contributed by atoms with Gasteiger partial charge < -0.3 is 0 Å². The minimum absolute atomic E-state index is 0.515. The van der Waals surface area contributed by atoms with E-state index in [0.29, 0.717) is 5.25 Å². The average Bonchev–Trinajstić information content (AvgIpc) is 2.03. The first kappa shape index (κ1) is 8.33. The summed E-state index contributed by atoms with van der Waals surface area (Å²) in [6.07, 6.45) is 6.22. The molecule has 10 heavy (non-hydrogen) atoms. The standard InChI is InChI=1S/C6H12O3S/c7-8-9-10-6-4-2-1-3-5-6/h6-7H,1-5H2. The Balaban J connectivity index is 2.02. The normalized spacial score (nSPS) is 21.3. The third kappa shape index (κ3) is 2.88. The van der Waals surface area contributed by atoms with Crippen LogP contribution in [0, 0.1) is 0 Å². The van der Waals surface area contributed by atoms with Crippen molar-refractivity contribution in [3.05, 3.63) is 0 Å². The van der Waals surface area contributed by atoms with Crippen molar-refractivity contribution in [1.82, 2.24) is 0 Å². The lowest BCUT2D eigenvalue weighted by Gasteiger charge is -2.18. The minimum Gasteiger partial charge on any atom is -0.220 e. The first-order chi connectivity index (χ1) is 4.93. The van der Waals surface area contributed by atoms with Crippen molar-refractivity contribution in [2.45, 2.75) is 37.4 Å². The first-order valence-corrected chi connectivity index (χ1v) is 4.37. The van der Waals surface area contributed by atoms with Crippen LogP contribution in [-0.4, -0.2) is 10.5 Å². The van der Waals surface area contributed by atoms with Gasteiger partial charge in [0.25, 0.3) is 0 Å². The predicted molar refractivity (Wildman–Crippen MR) is 39.3 cm³/mol. The summed E-state index contributed by atoms with van der Waals surface area (Å²) in [6.45, 7) is 0. The summed E-state index contributed by atoms with van der Waals surface area (Å²) in [5, 5.41) is 11.9. The Morgan fingerprint density at radius 2 is 1.90 bits per heavy atom. The maximum Gasteiger partial charge on any atom is 0.0380 e. The van der Waals surface area contributed by atoms with Crippen LogP contribution in [0.15, 0.2) is 0 Å². The molecule has 3 nitrogen and oxygen atoms in total. The Labute approximate surface area is 64.8 Å². The molecule has 0 spiro atoms. The monoisotopic (exact) mass is 164 g/mol. The van der Waals surface area contributed by atoms with Crippen LogP contribution in [0.5, 0.6) is 0 Å². The summed E-state index contributed by atoms with van der Waals surface area (Å²) in [7, 11) is 0. The zero-order chi connectivity index (χ0) is 7.23. The van der Waals surface area contributed by atoms with Crippen LogP contribution in [0.25, 0.3) is 0 Å². The van der Waals surface area contributed by atoms with Crippen molar-refractivity contribution in [2.24, 2.45) is 0 Å². The van der Waals surface area contributed by atoms with Crippen LogP contribution in [0.2, 0.25) is 0 Å². The van der Waals surface area contributed by atoms with Crippen molar-refractivity contribution in [3.63, 3.8) is 0 Å². The highest BCUT2D eigenvalue weighted by Crippen LogP contribution is 2.28. The van der Waals surface area contributed by atoms with Gasteiger partial charge in [0.2, 0.25) is 0 Å². The fourth-order valence-electron chi connectivity index (χ4n) is 1.23. The van der Waals surface area contributed by atoms with E-state index >= 15 is 0 Å². The molecule has 60 valence electrons. The van der Waals surface area contributed by atoms with E-state index in [9.17, 15) is 0 Å². The molecule has 0 aromatic rings. The molecule has 0 aromatic heterocycles. The molecule has 0 saturated heterocycles. The Morgan fingerprint density at radius 1 is 1.20 bits per heavy atom. The Kier molecular flexibility index (Phi) is 4.13. The zero-order valence-electron chi connectivity index (χ0n) is 5.78. The average molecular weight is 164 g/mol. The predicted octanol–water partition coefficient (Wildman–Crippen LogP) is 2.39. The molecular weight excluding hydrogens is 152 g/mol. The van der Waals surface area contributed by atoms with Crippen molar-refractivity contribution in [2.75, 3.05) is 0 Å². The van der Waals surface area contributed by atoms with E-state index in [0.717, 1.165) is 0 Å². The van der Waals surface area contributed by atoms with E-state index in [1.807, 2.05) is 0 Å². The van der Waals surface area contributed by atoms with Crippen LogP contribution in [0.1, 0.15) is 32.1 Å². The van der Waals surface area contributed by atoms with Crippen molar-refractivity contribution < 1.29 is 14.6 Å². The van der Waals surface area contributed by atoms with Crippen LogP contribution in [0.4, 0.5) is 0 Å². The zero-order valence-corrected chi connectivity index (χ0v) is 6.60. The van der Waals surface area contributed by atoms with Crippen LogP contribution >= 0.6 is 12.0 Å². The van der Waals surface area contributed by atoms with Gasteiger partial charge in [-0.2, -0.15) is 0 Å². The molecule has 1 N–H and O–H groups in total. The second-order valence-electron chi connectivity index (χ2n) is 2.50. The topological polar surface area (TPSA) is 38.7 Å². The molecule has 0 heterocycles. The van der Waals surface area contributed by atoms with Gasteiger partial charge in [0, 0.05) is 17.3 Å². The highest BCUT2D eigenvalue weighted by Gasteiger charge is 2.14. The molecule has 1 fully saturated rings. The van der Waals surface area contributed by atoms with Gasteiger partial charge in [-0.3, -0.25) is 0 Å². The SMILES string of the molecule is OOOSC1CCCCC1. The van der Waals surface area contributed by atoms with Crippen LogP contribution in [0.3, 0.4) is 0 Å². The molecule has 1 saturated carbocycles. The number of rotatable bonds is 3. The molecule has 1 aliphatic rings. The van der Waals surface area contributed by atoms with Crippen molar-refractivity contribution in [1.29, 1.82) is 0 Å². The molecule has 4 heteroatoms. The van der Waals surface area contributed by atoms with Gasteiger partial charge in [0.05, 0.1) is 0 Å². The van der Waals surface area contributed by atoms with Gasteiger partial charge in [-0.15, -0.1) is 4.33 Å². The smallest absolute Gasteiger partial charge is 0.0380 e. The Hall–Kier alpha value is 0.230. The summed E-state index contributed by atoms with van der Waals surface area (Å²) >= 11 is 1.23. The largest absolute Gasteiger partial charge is 0.220 e. The summed E-state index contributed by atoms with van der Waals surface area (Å²) in [4.78, 5) is 0. The maximum atomic E-state index is 7.85. The Morgan fingerprint density at radius 3 is 2.50 bits per heavy atom. The fraction of sp³-hybridized carbons (Fsp3) is 1.00. The lowest BCUT2D eigenvalue weighted by Crippen LogP contribution is -2.08. The molecule has 0 bridgehead atoms. The van der Waals surface area contributed by atoms with Crippen molar-refractivity contribution in [3.8, 4) is 0 Å². The Bertz CT molecular complexity index is 83.1. The van der Waals surface area contributed by atoms with E-state index in [4.69, 9.17) is 5.26 Å². The summed E-state index contributed by atoms with van der Waals surface area (Å²) in [6, 6.07) is 0. The van der Waals surface area contributed by atoms with Gasteiger partial charge in [0.15, 0.2) is 0 Å². The third-order valence-corrected chi connectivity index (χ3v) is 2.64. The summed E-state index contributed by atoms with van der Waals surface area (Å²) in [5.41, 5.74) is 0. The summed E-state index contributed by atoms with van der Waals surface area (Å²) < 4.78 is 4.35. The molecule has 0 atom stereocenters. The molecule has 0 unspecified atom stereocenters. The quantitative estimate of drug-likeness (QED) is 0.395. The second-order valence-corrected chi connectivity index (χ2v) is 3.49. The number of hydrogen-bond donors (Lipinski definition) is 1. The highest BCUT2D eigenvalue weighted by molar-refractivity contribution is 7.95. The van der Waals surface area contributed by atoms with E-state index in [2.05, 4.69) is 9.37 Å². The lowest BCUT2D eigenvalue weighted by atomic mass is 10.0. The van der Waals surface area contributed by atoms with E-state index < -0.39 is 0 Å². The molecule has 0 aromatic carbocycles. The van der Waals surface area contributed by atoms with Gasteiger partial charge >= 0.3 is 0 Å². The molecule has 1 rings (SSSR count). The van der Waals surface area contributed by atoms with Gasteiger partial charge in [-0.1, -0.05) is 24.3 Å². The maximum absolute atomic E-state index is 7.85. The molecule has 1 aliphatic carbocycles. The van der Waals surface area contributed by atoms with Crippen LogP contribution in [-0.2, 0) is 9.37 Å². The third-order valence-electron chi connectivity index (χ3n) is 1.76. The van der Waals surface area contributed by atoms with Crippen molar-refractivity contribution >= 4 is 12.0 Å². The summed E-state index contributed by atoms with van der Waals surface area (Å²) in [5.74, 6) is 0. The molecule has 0 aliphatic heterocycles. The highest BCUT2D eigenvalue weighted by atomic mass is 32.2. The van der Waals surface area contributed by atoms with E-state index in [1.54, 1.807) is 0 Å². The van der Waals surface area contributed by atoms with Gasteiger partial charge in [-0.25, -0.2) is 5.26 Å². The molecule has 0 amide bonds. The van der Waals surface area contributed by atoms with E-state index in [-0.39, 0.29) is 0 Å². The fourth-order valence-corrected chi connectivity index (χ4v) is 1.91. The lowest BCUT2D eigenvalue weighted by molar-refractivity contribution is -0.432. The van der Waals surface area contributed by atoms with Crippen LogP contribution < -0.4 is 0 Å². The second kappa shape index (κ2) is 4.96. The van der Waals surface area contributed by atoms with Gasteiger partial charge in [-0.05, 0) is 12.8 Å². The van der Waals surface area contributed by atoms with Gasteiger partial charge in [0.1, 0.15) is 0 Å². The number of hydrogen-bond acceptors (Lipinski definition) is 4. The molecule has 0 radical (unpaired) electrons.